The van der Waals surface area contributed by atoms with Crippen LogP contribution in [0.25, 0.3) is 10.9 Å². The molecule has 1 fully saturated rings. The van der Waals surface area contributed by atoms with Crippen LogP contribution in [0.1, 0.15) is 37.9 Å². The summed E-state index contributed by atoms with van der Waals surface area (Å²) in [5.41, 5.74) is 0.556. The maximum atomic E-state index is 12.1. The summed E-state index contributed by atoms with van der Waals surface area (Å²) in [5.74, 6) is 0.652. The molecule has 6 nitrogen and oxygen atoms in total. The molecule has 1 aromatic carbocycles. The summed E-state index contributed by atoms with van der Waals surface area (Å²) >= 11 is 0. The van der Waals surface area contributed by atoms with E-state index in [0.29, 0.717) is 36.2 Å². The first-order valence-corrected chi connectivity index (χ1v) is 9.19. The molecular weight excluding hydrogens is 316 g/mol. The van der Waals surface area contributed by atoms with Gasteiger partial charge in [-0.05, 0) is 38.1 Å². The van der Waals surface area contributed by atoms with Crippen LogP contribution < -0.4 is 10.9 Å². The number of H-pyrrole nitrogens is 1. The predicted octanol–water partition coefficient (Wildman–Crippen LogP) is 1.85. The molecule has 0 aliphatic carbocycles. The molecule has 0 bridgehead atoms. The van der Waals surface area contributed by atoms with Crippen molar-refractivity contribution in [1.29, 1.82) is 0 Å². The lowest BCUT2D eigenvalue weighted by molar-refractivity contribution is -0.122. The number of amides is 1. The highest BCUT2D eigenvalue weighted by atomic mass is 16.2. The summed E-state index contributed by atoms with van der Waals surface area (Å²) in [5, 5.41) is 3.53. The van der Waals surface area contributed by atoms with E-state index < -0.39 is 0 Å². The van der Waals surface area contributed by atoms with Gasteiger partial charge >= 0.3 is 0 Å². The van der Waals surface area contributed by atoms with E-state index in [1.54, 1.807) is 6.07 Å². The number of fused-ring (bicyclic) bond motifs is 1. The van der Waals surface area contributed by atoms with Gasteiger partial charge < -0.3 is 10.3 Å². The van der Waals surface area contributed by atoms with E-state index >= 15 is 0 Å². The fourth-order valence-electron chi connectivity index (χ4n) is 3.30. The standard InChI is InChI=1S/C19H26N4O2/c24-18(14-23-12-6-2-1-3-7-13-23)20-11-10-17-21-16-9-5-4-8-15(16)19(25)22-17/h4-5,8-9H,1-3,6-7,10-14H2,(H,20,24)(H,21,22,25). The van der Waals surface area contributed by atoms with Gasteiger partial charge in [0, 0.05) is 13.0 Å². The molecule has 0 radical (unpaired) electrons. The summed E-state index contributed by atoms with van der Waals surface area (Å²) in [6.07, 6.45) is 6.71. The Labute approximate surface area is 147 Å². The molecule has 25 heavy (non-hydrogen) atoms. The Morgan fingerprint density at radius 2 is 1.84 bits per heavy atom. The van der Waals surface area contributed by atoms with Crippen molar-refractivity contribution in [2.24, 2.45) is 0 Å². The van der Waals surface area contributed by atoms with Gasteiger partial charge in [0.1, 0.15) is 5.82 Å². The first-order chi connectivity index (χ1) is 12.2. The summed E-state index contributed by atoms with van der Waals surface area (Å²) < 4.78 is 0. The number of carbonyl (C=O) groups excluding carboxylic acids is 1. The van der Waals surface area contributed by atoms with Crippen molar-refractivity contribution in [3.63, 3.8) is 0 Å². The average molecular weight is 342 g/mol. The zero-order valence-electron chi connectivity index (χ0n) is 14.6. The topological polar surface area (TPSA) is 78.1 Å². The molecule has 0 unspecified atom stereocenters. The van der Waals surface area contributed by atoms with Crippen LogP contribution in [0.3, 0.4) is 0 Å². The van der Waals surface area contributed by atoms with Gasteiger partial charge in [-0.15, -0.1) is 0 Å². The van der Waals surface area contributed by atoms with E-state index in [0.717, 1.165) is 13.1 Å². The molecule has 0 saturated carbocycles. The number of nitrogens with zero attached hydrogens (tertiary/aromatic N) is 2. The van der Waals surface area contributed by atoms with Crippen LogP contribution in [0.15, 0.2) is 29.1 Å². The number of aromatic amines is 1. The molecule has 1 aliphatic heterocycles. The molecule has 2 heterocycles. The number of hydrogen-bond donors (Lipinski definition) is 2. The Morgan fingerprint density at radius 1 is 1.12 bits per heavy atom. The second-order valence-electron chi connectivity index (χ2n) is 6.67. The molecule has 1 amide bonds. The lowest BCUT2D eigenvalue weighted by Crippen LogP contribution is -2.39. The van der Waals surface area contributed by atoms with Gasteiger partial charge in [0.2, 0.25) is 5.91 Å². The first kappa shape index (κ1) is 17.6. The minimum atomic E-state index is -0.132. The number of aromatic nitrogens is 2. The van der Waals surface area contributed by atoms with Crippen LogP contribution in [-0.2, 0) is 11.2 Å². The summed E-state index contributed by atoms with van der Waals surface area (Å²) in [7, 11) is 0. The molecule has 0 spiro atoms. The van der Waals surface area contributed by atoms with E-state index in [1.165, 1.54) is 32.1 Å². The smallest absolute Gasteiger partial charge is 0.258 e. The van der Waals surface area contributed by atoms with Gasteiger partial charge in [0.25, 0.3) is 5.56 Å². The first-order valence-electron chi connectivity index (χ1n) is 9.19. The second kappa shape index (κ2) is 8.76. The Hall–Kier alpha value is -2.21. The van der Waals surface area contributed by atoms with Crippen molar-refractivity contribution in [2.75, 3.05) is 26.2 Å². The number of rotatable bonds is 5. The van der Waals surface area contributed by atoms with Crippen LogP contribution in [0, 0.1) is 0 Å². The SMILES string of the molecule is O=C(CN1CCCCCCC1)NCCc1nc2ccccc2c(=O)[nH]1. The molecule has 134 valence electrons. The monoisotopic (exact) mass is 342 g/mol. The zero-order valence-corrected chi connectivity index (χ0v) is 14.6. The zero-order chi connectivity index (χ0) is 17.5. The number of para-hydroxylation sites is 1. The van der Waals surface area contributed by atoms with Crippen LogP contribution in [0.5, 0.6) is 0 Å². The molecule has 6 heteroatoms. The van der Waals surface area contributed by atoms with Crippen molar-refractivity contribution >= 4 is 16.8 Å². The van der Waals surface area contributed by atoms with E-state index in [2.05, 4.69) is 20.2 Å². The molecular formula is C19H26N4O2. The molecule has 3 rings (SSSR count). The van der Waals surface area contributed by atoms with E-state index in [9.17, 15) is 9.59 Å². The number of nitrogens with one attached hydrogen (secondary N) is 2. The maximum absolute atomic E-state index is 12.1. The highest BCUT2D eigenvalue weighted by molar-refractivity contribution is 5.78. The maximum Gasteiger partial charge on any atom is 0.258 e. The highest BCUT2D eigenvalue weighted by Gasteiger charge is 2.12. The Bertz CT molecular complexity index is 763. The Kier molecular flexibility index (Phi) is 6.17. The molecule has 2 aromatic rings. The second-order valence-corrected chi connectivity index (χ2v) is 6.67. The van der Waals surface area contributed by atoms with Gasteiger partial charge in [0.05, 0.1) is 17.4 Å². The fraction of sp³-hybridized carbons (Fsp3) is 0.526. The van der Waals surface area contributed by atoms with Gasteiger partial charge in [0.15, 0.2) is 0 Å². The number of carbonyl (C=O) groups is 1. The lowest BCUT2D eigenvalue weighted by atomic mass is 10.1. The summed E-state index contributed by atoms with van der Waals surface area (Å²) in [6, 6.07) is 7.28. The quantitative estimate of drug-likeness (QED) is 0.869. The predicted molar refractivity (Wildman–Crippen MR) is 98.6 cm³/mol. The van der Waals surface area contributed by atoms with Gasteiger partial charge in [-0.25, -0.2) is 4.98 Å². The number of hydrogen-bond acceptors (Lipinski definition) is 4. The van der Waals surface area contributed by atoms with Crippen molar-refractivity contribution in [3.05, 3.63) is 40.4 Å². The normalized spacial score (nSPS) is 16.3. The molecule has 2 N–H and O–H groups in total. The Morgan fingerprint density at radius 3 is 2.64 bits per heavy atom. The van der Waals surface area contributed by atoms with Gasteiger partial charge in [-0.2, -0.15) is 0 Å². The molecule has 1 saturated heterocycles. The van der Waals surface area contributed by atoms with Gasteiger partial charge in [-0.1, -0.05) is 31.4 Å². The largest absolute Gasteiger partial charge is 0.355 e. The minimum absolute atomic E-state index is 0.0451. The van der Waals surface area contributed by atoms with Crippen LogP contribution in [0.4, 0.5) is 0 Å². The van der Waals surface area contributed by atoms with Crippen LogP contribution in [0.2, 0.25) is 0 Å². The van der Waals surface area contributed by atoms with Gasteiger partial charge in [-0.3, -0.25) is 14.5 Å². The average Bonchev–Trinajstić information content (AvgIpc) is 2.57. The number of benzene rings is 1. The third kappa shape index (κ3) is 5.13. The molecule has 1 aromatic heterocycles. The minimum Gasteiger partial charge on any atom is -0.355 e. The number of likely N-dealkylation sites (tertiary alicyclic amines) is 1. The summed E-state index contributed by atoms with van der Waals surface area (Å²) in [4.78, 5) is 33.7. The Balaban J connectivity index is 1.49. The molecule has 1 aliphatic rings. The lowest BCUT2D eigenvalue weighted by Gasteiger charge is -2.23. The van der Waals surface area contributed by atoms with E-state index in [-0.39, 0.29) is 11.5 Å². The van der Waals surface area contributed by atoms with Crippen molar-refractivity contribution < 1.29 is 4.79 Å². The van der Waals surface area contributed by atoms with E-state index in [1.807, 2.05) is 18.2 Å². The van der Waals surface area contributed by atoms with Crippen molar-refractivity contribution in [3.8, 4) is 0 Å². The van der Waals surface area contributed by atoms with Crippen molar-refractivity contribution in [2.45, 2.75) is 38.5 Å². The van der Waals surface area contributed by atoms with Crippen LogP contribution in [-0.4, -0.2) is 47.0 Å². The van der Waals surface area contributed by atoms with Crippen molar-refractivity contribution in [1.82, 2.24) is 20.2 Å². The van der Waals surface area contributed by atoms with Crippen LogP contribution >= 0.6 is 0 Å². The summed E-state index contributed by atoms with van der Waals surface area (Å²) in [6.45, 7) is 2.95. The molecule has 0 atom stereocenters. The third-order valence-electron chi connectivity index (χ3n) is 4.66. The van der Waals surface area contributed by atoms with E-state index in [4.69, 9.17) is 0 Å². The third-order valence-corrected chi connectivity index (χ3v) is 4.66. The fourth-order valence-corrected chi connectivity index (χ4v) is 3.30. The highest BCUT2D eigenvalue weighted by Crippen LogP contribution is 2.10.